The first kappa shape index (κ1) is 20.6. The zero-order chi connectivity index (χ0) is 22.2. The van der Waals surface area contributed by atoms with Crippen LogP contribution in [0.3, 0.4) is 0 Å². The summed E-state index contributed by atoms with van der Waals surface area (Å²) in [6.07, 6.45) is 6.72. The average Bonchev–Trinajstić information content (AvgIpc) is 3.65. The van der Waals surface area contributed by atoms with E-state index in [2.05, 4.69) is 22.1 Å². The molecule has 1 N–H and O–H groups in total. The fourth-order valence-corrected chi connectivity index (χ4v) is 4.36. The highest BCUT2D eigenvalue weighted by Crippen LogP contribution is 2.38. The van der Waals surface area contributed by atoms with Crippen molar-refractivity contribution in [3.8, 4) is 0 Å². The van der Waals surface area contributed by atoms with Gasteiger partial charge in [-0.15, -0.1) is 0 Å². The van der Waals surface area contributed by atoms with Crippen LogP contribution in [0.2, 0.25) is 0 Å². The highest BCUT2D eigenvalue weighted by atomic mass is 19.1. The molecule has 166 valence electrons. The summed E-state index contributed by atoms with van der Waals surface area (Å²) in [7, 11) is 0. The summed E-state index contributed by atoms with van der Waals surface area (Å²) in [5.41, 5.74) is 1.33. The van der Waals surface area contributed by atoms with Crippen molar-refractivity contribution < 1.29 is 9.18 Å². The molecule has 0 spiro atoms. The molecule has 1 aromatic carbocycles. The third-order valence-electron chi connectivity index (χ3n) is 6.38. The van der Waals surface area contributed by atoms with Crippen LogP contribution in [0.15, 0.2) is 47.7 Å². The minimum absolute atomic E-state index is 0.0184. The first-order chi connectivity index (χ1) is 15.5. The predicted molar refractivity (Wildman–Crippen MR) is 123 cm³/mol. The van der Waals surface area contributed by atoms with Crippen molar-refractivity contribution >= 4 is 28.2 Å². The molecule has 2 aromatic heterocycles. The van der Waals surface area contributed by atoms with Gasteiger partial charge in [0.1, 0.15) is 11.4 Å². The van der Waals surface area contributed by atoms with Gasteiger partial charge in [-0.25, -0.2) is 4.39 Å². The third-order valence-corrected chi connectivity index (χ3v) is 6.38. The molecule has 0 radical (unpaired) electrons. The number of carbonyl (C=O) groups excluding carboxylic acids is 1. The lowest BCUT2D eigenvalue weighted by molar-refractivity contribution is 0.102. The van der Waals surface area contributed by atoms with E-state index in [9.17, 15) is 9.59 Å². The van der Waals surface area contributed by atoms with Crippen molar-refractivity contribution in [2.45, 2.75) is 25.8 Å². The van der Waals surface area contributed by atoms with Crippen molar-refractivity contribution in [2.75, 3.05) is 42.9 Å². The number of piperazine rings is 1. The topological polar surface area (TPSA) is 70.5 Å². The molecule has 0 bridgehead atoms. The van der Waals surface area contributed by atoms with E-state index in [0.717, 1.165) is 45.6 Å². The normalized spacial score (nSPS) is 17.0. The largest absolute Gasteiger partial charge is 0.367 e. The number of hydrogen-bond acceptors (Lipinski definition) is 5. The van der Waals surface area contributed by atoms with Gasteiger partial charge < -0.3 is 19.7 Å². The van der Waals surface area contributed by atoms with Crippen LogP contribution in [0.25, 0.3) is 10.9 Å². The number of nitrogens with one attached hydrogen (secondary N) is 1. The van der Waals surface area contributed by atoms with Crippen LogP contribution >= 0.6 is 0 Å². The van der Waals surface area contributed by atoms with Crippen LogP contribution in [-0.2, 0) is 0 Å². The molecule has 1 aliphatic carbocycles. The maximum absolute atomic E-state index is 15.2. The van der Waals surface area contributed by atoms with Gasteiger partial charge in [-0.2, -0.15) is 0 Å². The Labute approximate surface area is 185 Å². The standard InChI is InChI=1S/C24H26FN5O2/c1-2-28-9-11-29(12-10-28)22-14-21-18(13-20(22)25)23(31)19(15-30(21)17-3-4-17)24(32)27-16-5-7-26-8-6-16/h5-8,13-15,17H,2-4,9-12H2,1H3,(H,26,27,32). The minimum Gasteiger partial charge on any atom is -0.367 e. The Bertz CT molecular complexity index is 1210. The summed E-state index contributed by atoms with van der Waals surface area (Å²) in [4.78, 5) is 34.4. The molecule has 2 fully saturated rings. The van der Waals surface area contributed by atoms with Gasteiger partial charge in [0.25, 0.3) is 5.91 Å². The van der Waals surface area contributed by atoms with Crippen molar-refractivity contribution in [1.82, 2.24) is 14.5 Å². The zero-order valence-electron chi connectivity index (χ0n) is 18.1. The quantitative estimate of drug-likeness (QED) is 0.666. The lowest BCUT2D eigenvalue weighted by Crippen LogP contribution is -2.46. The molecule has 5 rings (SSSR count). The molecule has 3 aromatic rings. The summed E-state index contributed by atoms with van der Waals surface area (Å²) >= 11 is 0. The van der Waals surface area contributed by atoms with Gasteiger partial charge in [0.2, 0.25) is 5.43 Å². The smallest absolute Gasteiger partial charge is 0.261 e. The third kappa shape index (κ3) is 3.86. The van der Waals surface area contributed by atoms with Crippen LogP contribution in [0.1, 0.15) is 36.2 Å². The molecule has 3 heterocycles. The van der Waals surface area contributed by atoms with Crippen LogP contribution in [-0.4, -0.2) is 53.1 Å². The van der Waals surface area contributed by atoms with Crippen LogP contribution < -0.4 is 15.6 Å². The zero-order valence-corrected chi connectivity index (χ0v) is 18.1. The summed E-state index contributed by atoms with van der Waals surface area (Å²) < 4.78 is 17.2. The summed E-state index contributed by atoms with van der Waals surface area (Å²) in [6, 6.07) is 6.63. The Kier molecular flexibility index (Phi) is 5.38. The van der Waals surface area contributed by atoms with E-state index in [-0.39, 0.29) is 17.0 Å². The number of likely N-dealkylation sites (N-methyl/N-ethyl adjacent to an activating group) is 1. The summed E-state index contributed by atoms with van der Waals surface area (Å²) in [5, 5.41) is 2.98. The Morgan fingerprint density at radius 3 is 2.53 bits per heavy atom. The second-order valence-corrected chi connectivity index (χ2v) is 8.44. The molecule has 1 amide bonds. The highest BCUT2D eigenvalue weighted by Gasteiger charge is 2.28. The van der Waals surface area contributed by atoms with Crippen molar-refractivity contribution in [1.29, 1.82) is 0 Å². The molecule has 7 nitrogen and oxygen atoms in total. The van der Waals surface area contributed by atoms with Gasteiger partial charge in [-0.3, -0.25) is 14.6 Å². The lowest BCUT2D eigenvalue weighted by atomic mass is 10.1. The van der Waals surface area contributed by atoms with Crippen molar-refractivity contribution in [3.63, 3.8) is 0 Å². The number of carbonyl (C=O) groups is 1. The highest BCUT2D eigenvalue weighted by molar-refractivity contribution is 6.06. The van der Waals surface area contributed by atoms with E-state index in [1.54, 1.807) is 36.8 Å². The molecule has 8 heteroatoms. The monoisotopic (exact) mass is 435 g/mol. The molecular formula is C24H26FN5O2. The van der Waals surface area contributed by atoms with E-state index in [1.807, 2.05) is 9.47 Å². The number of nitrogens with zero attached hydrogens (tertiary/aromatic N) is 4. The SMILES string of the molecule is CCN1CCN(c2cc3c(cc2F)c(=O)c(C(=O)Nc2ccncc2)cn3C2CC2)CC1. The van der Waals surface area contributed by atoms with Crippen LogP contribution in [0.5, 0.6) is 0 Å². The summed E-state index contributed by atoms with van der Waals surface area (Å²) in [5.74, 6) is -0.925. The van der Waals surface area contributed by atoms with Gasteiger partial charge >= 0.3 is 0 Å². The Balaban J connectivity index is 1.55. The Morgan fingerprint density at radius 1 is 1.16 bits per heavy atom. The van der Waals surface area contributed by atoms with Crippen LogP contribution in [0.4, 0.5) is 15.8 Å². The van der Waals surface area contributed by atoms with Gasteiger partial charge in [-0.05, 0) is 43.7 Å². The number of rotatable bonds is 5. The molecular weight excluding hydrogens is 409 g/mol. The van der Waals surface area contributed by atoms with E-state index in [1.165, 1.54) is 6.07 Å². The number of hydrogen-bond donors (Lipinski definition) is 1. The van der Waals surface area contributed by atoms with Gasteiger partial charge in [0, 0.05) is 61.9 Å². The number of pyridine rings is 2. The average molecular weight is 436 g/mol. The number of benzene rings is 1. The molecule has 1 saturated carbocycles. The second-order valence-electron chi connectivity index (χ2n) is 8.44. The molecule has 0 atom stereocenters. The fourth-order valence-electron chi connectivity index (χ4n) is 4.36. The maximum atomic E-state index is 15.2. The molecule has 2 aliphatic rings. The predicted octanol–water partition coefficient (Wildman–Crippen LogP) is 3.26. The van der Waals surface area contributed by atoms with E-state index < -0.39 is 17.2 Å². The first-order valence-electron chi connectivity index (χ1n) is 11.1. The number of anilines is 2. The van der Waals surface area contributed by atoms with Gasteiger partial charge in [0.05, 0.1) is 11.2 Å². The van der Waals surface area contributed by atoms with E-state index in [4.69, 9.17) is 0 Å². The van der Waals surface area contributed by atoms with Gasteiger partial charge in [-0.1, -0.05) is 6.92 Å². The van der Waals surface area contributed by atoms with E-state index >= 15 is 4.39 Å². The number of aromatic nitrogens is 2. The van der Waals surface area contributed by atoms with Crippen molar-refractivity contribution in [3.05, 3.63) is 64.5 Å². The molecule has 1 saturated heterocycles. The van der Waals surface area contributed by atoms with Gasteiger partial charge in [0.15, 0.2) is 0 Å². The lowest BCUT2D eigenvalue weighted by Gasteiger charge is -2.35. The first-order valence-corrected chi connectivity index (χ1v) is 11.1. The number of fused-ring (bicyclic) bond motifs is 1. The van der Waals surface area contributed by atoms with E-state index in [0.29, 0.717) is 16.9 Å². The van der Waals surface area contributed by atoms with Crippen LogP contribution in [0, 0.1) is 5.82 Å². The molecule has 1 aliphatic heterocycles. The number of halogens is 1. The number of amides is 1. The maximum Gasteiger partial charge on any atom is 0.261 e. The molecule has 32 heavy (non-hydrogen) atoms. The minimum atomic E-state index is -0.502. The van der Waals surface area contributed by atoms with Crippen molar-refractivity contribution in [2.24, 2.45) is 0 Å². The fraction of sp³-hybridized carbons (Fsp3) is 0.375. The second kappa shape index (κ2) is 8.35. The summed E-state index contributed by atoms with van der Waals surface area (Å²) in [6.45, 7) is 6.38. The Morgan fingerprint density at radius 2 is 1.88 bits per heavy atom. The molecule has 0 unspecified atom stereocenters. The Hall–Kier alpha value is -3.26.